The number of rotatable bonds is 4. The van der Waals surface area contributed by atoms with Gasteiger partial charge in [-0.2, -0.15) is 13.2 Å². The van der Waals surface area contributed by atoms with Gasteiger partial charge in [-0.05, 0) is 49.7 Å². The quantitative estimate of drug-likeness (QED) is 0.421. The molecule has 0 spiro atoms. The van der Waals surface area contributed by atoms with Gasteiger partial charge in [-0.1, -0.05) is 31.0 Å². The molecular formula is C23H21ClF4N4O. The van der Waals surface area contributed by atoms with Crippen molar-refractivity contribution in [1.82, 2.24) is 19.7 Å². The molecule has 1 aliphatic rings. The molecule has 1 aliphatic heterocycles. The minimum absolute atomic E-state index is 0.203. The van der Waals surface area contributed by atoms with E-state index in [1.165, 1.54) is 24.3 Å². The van der Waals surface area contributed by atoms with Gasteiger partial charge in [-0.15, -0.1) is 10.2 Å². The molecule has 0 N–H and O–H groups in total. The lowest BCUT2D eigenvalue weighted by molar-refractivity contribution is -0.137. The Morgan fingerprint density at radius 1 is 1.15 bits per heavy atom. The molecule has 2 aromatic carbocycles. The highest BCUT2D eigenvalue weighted by atomic mass is 35.5. The maximum absolute atomic E-state index is 13.5. The number of amides is 1. The highest BCUT2D eigenvalue weighted by Gasteiger charge is 2.41. The first kappa shape index (κ1) is 23.2. The minimum Gasteiger partial charge on any atom is -0.324 e. The van der Waals surface area contributed by atoms with E-state index in [1.807, 2.05) is 18.4 Å². The molecule has 2 heterocycles. The van der Waals surface area contributed by atoms with Crippen LogP contribution in [-0.4, -0.2) is 31.6 Å². The van der Waals surface area contributed by atoms with E-state index in [0.717, 1.165) is 6.07 Å². The van der Waals surface area contributed by atoms with Gasteiger partial charge in [0.1, 0.15) is 5.82 Å². The SMILES string of the molecule is CCCC1c2nnc(-c3ccc(F)cc3)n2CC(C)N1C(=O)c1cccc(C(F)(F)F)c1Cl. The van der Waals surface area contributed by atoms with Crippen molar-refractivity contribution in [3.8, 4) is 11.4 Å². The average molecular weight is 481 g/mol. The van der Waals surface area contributed by atoms with Gasteiger partial charge < -0.3 is 9.47 Å². The first-order chi connectivity index (χ1) is 15.6. The number of alkyl halides is 3. The Morgan fingerprint density at radius 3 is 2.48 bits per heavy atom. The lowest BCUT2D eigenvalue weighted by Crippen LogP contribution is -2.48. The molecule has 33 heavy (non-hydrogen) atoms. The fraction of sp³-hybridized carbons (Fsp3) is 0.348. The average Bonchev–Trinajstić information content (AvgIpc) is 3.17. The molecule has 0 aliphatic carbocycles. The third-order valence-corrected chi connectivity index (χ3v) is 6.18. The fourth-order valence-corrected chi connectivity index (χ4v) is 4.59. The number of halogens is 5. The van der Waals surface area contributed by atoms with E-state index < -0.39 is 28.7 Å². The van der Waals surface area contributed by atoms with Crippen molar-refractivity contribution < 1.29 is 22.4 Å². The molecule has 5 nitrogen and oxygen atoms in total. The number of carbonyl (C=O) groups excluding carboxylic acids is 1. The summed E-state index contributed by atoms with van der Waals surface area (Å²) in [7, 11) is 0. The molecule has 0 radical (unpaired) electrons. The summed E-state index contributed by atoms with van der Waals surface area (Å²) in [6, 6.07) is 8.34. The van der Waals surface area contributed by atoms with E-state index in [4.69, 9.17) is 11.6 Å². The van der Waals surface area contributed by atoms with Gasteiger partial charge in [0.2, 0.25) is 0 Å². The summed E-state index contributed by atoms with van der Waals surface area (Å²) in [4.78, 5) is 15.0. The Morgan fingerprint density at radius 2 is 1.85 bits per heavy atom. The monoisotopic (exact) mass is 480 g/mol. The fourth-order valence-electron chi connectivity index (χ4n) is 4.28. The number of aromatic nitrogens is 3. The predicted molar refractivity (Wildman–Crippen MR) is 115 cm³/mol. The van der Waals surface area contributed by atoms with Gasteiger partial charge in [-0.3, -0.25) is 4.79 Å². The normalized spacial score (nSPS) is 18.3. The van der Waals surface area contributed by atoms with Crippen molar-refractivity contribution in [3.63, 3.8) is 0 Å². The van der Waals surface area contributed by atoms with Crippen LogP contribution in [0.5, 0.6) is 0 Å². The first-order valence-electron chi connectivity index (χ1n) is 10.5. The minimum atomic E-state index is -4.67. The van der Waals surface area contributed by atoms with Crippen molar-refractivity contribution in [2.24, 2.45) is 0 Å². The number of carbonyl (C=O) groups is 1. The largest absolute Gasteiger partial charge is 0.417 e. The maximum atomic E-state index is 13.5. The van der Waals surface area contributed by atoms with Crippen LogP contribution in [0.3, 0.4) is 0 Å². The van der Waals surface area contributed by atoms with E-state index in [0.29, 0.717) is 36.6 Å². The van der Waals surface area contributed by atoms with Crippen LogP contribution >= 0.6 is 11.6 Å². The Labute approximate surface area is 193 Å². The van der Waals surface area contributed by atoms with Gasteiger partial charge >= 0.3 is 6.18 Å². The molecule has 0 bridgehead atoms. The van der Waals surface area contributed by atoms with Crippen molar-refractivity contribution in [2.75, 3.05) is 0 Å². The zero-order valence-electron chi connectivity index (χ0n) is 17.9. The van der Waals surface area contributed by atoms with Crippen LogP contribution in [0.2, 0.25) is 5.02 Å². The van der Waals surface area contributed by atoms with Gasteiger partial charge in [0.25, 0.3) is 5.91 Å². The zero-order valence-corrected chi connectivity index (χ0v) is 18.7. The van der Waals surface area contributed by atoms with E-state index in [-0.39, 0.29) is 17.4 Å². The topological polar surface area (TPSA) is 51.0 Å². The van der Waals surface area contributed by atoms with E-state index in [1.54, 1.807) is 17.0 Å². The van der Waals surface area contributed by atoms with Crippen LogP contribution in [0.1, 0.15) is 54.5 Å². The molecule has 1 amide bonds. The number of hydrogen-bond acceptors (Lipinski definition) is 3. The molecular weight excluding hydrogens is 460 g/mol. The van der Waals surface area contributed by atoms with Crippen LogP contribution in [0.25, 0.3) is 11.4 Å². The summed E-state index contributed by atoms with van der Waals surface area (Å²) in [5.41, 5.74) is -0.571. The Hall–Kier alpha value is -2.94. The molecule has 4 rings (SSSR count). The molecule has 1 aromatic heterocycles. The van der Waals surface area contributed by atoms with E-state index in [2.05, 4.69) is 10.2 Å². The Kier molecular flexibility index (Phi) is 6.18. The van der Waals surface area contributed by atoms with Crippen molar-refractivity contribution in [3.05, 3.63) is 70.3 Å². The Balaban J connectivity index is 1.76. The summed E-state index contributed by atoms with van der Waals surface area (Å²) in [6.07, 6.45) is -3.43. The summed E-state index contributed by atoms with van der Waals surface area (Å²) >= 11 is 6.05. The standard InChI is InChI=1S/C23H21ClF4N4O/c1-3-5-18-21-30-29-20(14-8-10-15(25)11-9-14)31(21)12-13(2)32(18)22(33)16-6-4-7-17(19(16)24)23(26,27)28/h4,6-11,13,18H,3,5,12H2,1-2H3. The summed E-state index contributed by atoms with van der Waals surface area (Å²) in [6.45, 7) is 4.10. The molecule has 3 aromatic rings. The van der Waals surface area contributed by atoms with Gasteiger partial charge in [0.15, 0.2) is 11.6 Å². The zero-order chi connectivity index (χ0) is 23.9. The number of hydrogen-bond donors (Lipinski definition) is 0. The van der Waals surface area contributed by atoms with Gasteiger partial charge in [0.05, 0.1) is 22.2 Å². The maximum Gasteiger partial charge on any atom is 0.417 e. The molecule has 0 fully saturated rings. The molecule has 0 saturated carbocycles. The van der Waals surface area contributed by atoms with Gasteiger partial charge in [0, 0.05) is 18.2 Å². The van der Waals surface area contributed by atoms with Crippen LogP contribution in [0.15, 0.2) is 42.5 Å². The second kappa shape index (κ2) is 8.78. The van der Waals surface area contributed by atoms with Crippen LogP contribution < -0.4 is 0 Å². The predicted octanol–water partition coefficient (Wildman–Crippen LogP) is 6.14. The summed E-state index contributed by atoms with van der Waals surface area (Å²) < 4.78 is 55.3. The Bertz CT molecular complexity index is 1180. The molecule has 0 saturated heterocycles. The highest BCUT2D eigenvalue weighted by molar-refractivity contribution is 6.34. The first-order valence-corrected chi connectivity index (χ1v) is 10.9. The molecule has 10 heteroatoms. The van der Waals surface area contributed by atoms with Crippen molar-refractivity contribution in [1.29, 1.82) is 0 Å². The van der Waals surface area contributed by atoms with Crippen LogP contribution in [0, 0.1) is 5.82 Å². The summed E-state index contributed by atoms with van der Waals surface area (Å²) in [5, 5.41) is 7.97. The number of benzene rings is 2. The second-order valence-corrected chi connectivity index (χ2v) is 8.41. The number of nitrogens with zero attached hydrogens (tertiary/aromatic N) is 4. The van der Waals surface area contributed by atoms with Crippen molar-refractivity contribution >= 4 is 17.5 Å². The van der Waals surface area contributed by atoms with Gasteiger partial charge in [-0.25, -0.2) is 4.39 Å². The van der Waals surface area contributed by atoms with Crippen molar-refractivity contribution in [2.45, 2.75) is 51.5 Å². The number of fused-ring (bicyclic) bond motifs is 1. The lowest BCUT2D eigenvalue weighted by Gasteiger charge is -2.41. The lowest BCUT2D eigenvalue weighted by atomic mass is 10.00. The van der Waals surface area contributed by atoms with E-state index in [9.17, 15) is 22.4 Å². The highest BCUT2D eigenvalue weighted by Crippen LogP contribution is 2.39. The van der Waals surface area contributed by atoms with Crippen LogP contribution in [-0.2, 0) is 12.7 Å². The molecule has 2 atom stereocenters. The smallest absolute Gasteiger partial charge is 0.324 e. The summed E-state index contributed by atoms with van der Waals surface area (Å²) in [5.74, 6) is 0.117. The molecule has 2 unspecified atom stereocenters. The van der Waals surface area contributed by atoms with E-state index >= 15 is 0 Å². The molecule has 174 valence electrons. The van der Waals surface area contributed by atoms with Crippen LogP contribution in [0.4, 0.5) is 17.6 Å². The third kappa shape index (κ3) is 4.21. The second-order valence-electron chi connectivity index (χ2n) is 8.03. The third-order valence-electron chi connectivity index (χ3n) is 5.77.